The van der Waals surface area contributed by atoms with Gasteiger partial charge in [0.2, 0.25) is 0 Å². The molecule has 1 aliphatic carbocycles. The van der Waals surface area contributed by atoms with Crippen LogP contribution >= 0.6 is 0 Å². The monoisotopic (exact) mass is 242 g/mol. The molecule has 2 bridgehead atoms. The Hall–Kier alpha value is -0.810. The molecule has 5 nitrogen and oxygen atoms in total. The summed E-state index contributed by atoms with van der Waals surface area (Å²) in [6.07, 6.45) is 1.09. The minimum absolute atomic E-state index is 0.111. The quantitative estimate of drug-likeness (QED) is 0.630. The van der Waals surface area contributed by atoms with E-state index in [1.807, 2.05) is 20.8 Å². The van der Waals surface area contributed by atoms with Gasteiger partial charge in [-0.2, -0.15) is 0 Å². The van der Waals surface area contributed by atoms with Crippen molar-refractivity contribution in [2.75, 3.05) is 6.54 Å². The number of carbonyl (C=O) groups is 1. The molecular weight excluding hydrogens is 220 g/mol. The second-order valence-corrected chi connectivity index (χ2v) is 6.01. The third kappa shape index (κ3) is 2.90. The number of aliphatic hydroxyl groups excluding tert-OH is 1. The van der Waals surface area contributed by atoms with Gasteiger partial charge in [-0.15, -0.1) is 0 Å². The maximum atomic E-state index is 11.7. The van der Waals surface area contributed by atoms with Crippen LogP contribution in [-0.4, -0.2) is 41.5 Å². The summed E-state index contributed by atoms with van der Waals surface area (Å²) in [6, 6.07) is -0.0650. The van der Waals surface area contributed by atoms with Gasteiger partial charge in [-0.3, -0.25) is 0 Å². The van der Waals surface area contributed by atoms with Gasteiger partial charge in [0.05, 0.1) is 12.1 Å². The predicted octanol–water partition coefficient (Wildman–Crippen LogP) is 0.622. The zero-order valence-electron chi connectivity index (χ0n) is 10.7. The Labute approximate surface area is 102 Å². The van der Waals surface area contributed by atoms with E-state index in [1.165, 1.54) is 0 Å². The Morgan fingerprint density at radius 2 is 2.12 bits per heavy atom. The van der Waals surface area contributed by atoms with Crippen LogP contribution in [-0.2, 0) is 4.74 Å². The average molecular weight is 242 g/mol. The molecule has 17 heavy (non-hydrogen) atoms. The van der Waals surface area contributed by atoms with Crippen LogP contribution in [0, 0.1) is 5.92 Å². The fraction of sp³-hybridized carbons (Fsp3) is 0.917. The summed E-state index contributed by atoms with van der Waals surface area (Å²) in [5.74, 6) is 0.308. The van der Waals surface area contributed by atoms with E-state index in [0.717, 1.165) is 19.4 Å². The van der Waals surface area contributed by atoms with Crippen LogP contribution in [0.25, 0.3) is 0 Å². The first-order valence-electron chi connectivity index (χ1n) is 6.28. The Balaban J connectivity index is 1.92. The lowest BCUT2D eigenvalue weighted by molar-refractivity contribution is -0.0132. The summed E-state index contributed by atoms with van der Waals surface area (Å²) >= 11 is 0. The standard InChI is InChI=1S/C12H22N2O3/c1-12(2,3)17-11(16)14-9-7-4-5-8(10(9)15)13-6-7/h7-10,13,15H,4-6H2,1-3H3,(H,14,16)/t7-,8+,9+,10+/m0/s1. The van der Waals surface area contributed by atoms with Crippen molar-refractivity contribution in [1.29, 1.82) is 0 Å². The van der Waals surface area contributed by atoms with Gasteiger partial charge in [0.25, 0.3) is 0 Å². The molecule has 2 saturated heterocycles. The second-order valence-electron chi connectivity index (χ2n) is 6.01. The molecule has 3 rings (SSSR count). The van der Waals surface area contributed by atoms with Gasteiger partial charge in [-0.25, -0.2) is 4.79 Å². The first kappa shape index (κ1) is 12.6. The average Bonchev–Trinajstić information content (AvgIpc) is 2.21. The van der Waals surface area contributed by atoms with Crippen LogP contribution in [0.4, 0.5) is 4.79 Å². The lowest BCUT2D eigenvalue weighted by atomic mass is 9.75. The molecule has 3 fully saturated rings. The van der Waals surface area contributed by atoms with Crippen LogP contribution in [0.1, 0.15) is 33.6 Å². The molecule has 4 atom stereocenters. The minimum Gasteiger partial charge on any atom is -0.444 e. The van der Waals surface area contributed by atoms with Gasteiger partial charge in [0.1, 0.15) is 5.60 Å². The summed E-state index contributed by atoms with van der Waals surface area (Å²) in [5.41, 5.74) is -0.499. The molecule has 1 amide bonds. The number of carbonyl (C=O) groups excluding carboxylic acids is 1. The molecular formula is C12H22N2O3. The molecule has 2 heterocycles. The smallest absolute Gasteiger partial charge is 0.407 e. The van der Waals surface area contributed by atoms with Crippen molar-refractivity contribution in [3.05, 3.63) is 0 Å². The SMILES string of the molecule is CC(C)(C)OC(=O)N[C@@H]1[C@H]2CC[C@@H](NC2)[C@H]1O. The van der Waals surface area contributed by atoms with E-state index in [9.17, 15) is 9.90 Å². The summed E-state index contributed by atoms with van der Waals surface area (Å²) in [5, 5.41) is 16.2. The van der Waals surface area contributed by atoms with Crippen molar-refractivity contribution in [2.24, 2.45) is 5.92 Å². The summed E-state index contributed by atoms with van der Waals surface area (Å²) < 4.78 is 5.21. The number of fused-ring (bicyclic) bond motifs is 3. The minimum atomic E-state index is -0.505. The van der Waals surface area contributed by atoms with Crippen molar-refractivity contribution in [2.45, 2.75) is 57.4 Å². The topological polar surface area (TPSA) is 70.6 Å². The van der Waals surface area contributed by atoms with Crippen LogP contribution in [0.3, 0.4) is 0 Å². The second kappa shape index (κ2) is 4.46. The lowest BCUT2D eigenvalue weighted by Crippen LogP contribution is -2.66. The van der Waals surface area contributed by atoms with Gasteiger partial charge >= 0.3 is 6.09 Å². The molecule has 2 aliphatic heterocycles. The molecule has 98 valence electrons. The van der Waals surface area contributed by atoms with Gasteiger partial charge < -0.3 is 20.5 Å². The number of hydrogen-bond donors (Lipinski definition) is 3. The van der Waals surface area contributed by atoms with E-state index < -0.39 is 17.8 Å². The third-order valence-corrected chi connectivity index (χ3v) is 3.46. The van der Waals surface area contributed by atoms with E-state index in [2.05, 4.69) is 10.6 Å². The number of ether oxygens (including phenoxy) is 1. The number of nitrogens with one attached hydrogen (secondary N) is 2. The Morgan fingerprint density at radius 1 is 1.41 bits per heavy atom. The van der Waals surface area contributed by atoms with E-state index in [1.54, 1.807) is 0 Å². The molecule has 0 aromatic rings. The summed E-state index contributed by atoms with van der Waals surface area (Å²) in [7, 11) is 0. The summed E-state index contributed by atoms with van der Waals surface area (Å²) in [6.45, 7) is 6.36. The molecule has 5 heteroatoms. The third-order valence-electron chi connectivity index (χ3n) is 3.46. The number of hydrogen-bond acceptors (Lipinski definition) is 4. The van der Waals surface area contributed by atoms with E-state index in [-0.39, 0.29) is 12.1 Å². The Kier molecular flexibility index (Phi) is 3.32. The largest absolute Gasteiger partial charge is 0.444 e. The number of piperidine rings is 2. The van der Waals surface area contributed by atoms with Crippen molar-refractivity contribution in [3.63, 3.8) is 0 Å². The molecule has 0 aromatic heterocycles. The van der Waals surface area contributed by atoms with Gasteiger partial charge in [0, 0.05) is 12.6 Å². The number of amides is 1. The molecule has 0 unspecified atom stereocenters. The molecule has 0 spiro atoms. The van der Waals surface area contributed by atoms with Crippen LogP contribution < -0.4 is 10.6 Å². The van der Waals surface area contributed by atoms with Gasteiger partial charge in [-0.05, 0) is 39.5 Å². The molecule has 1 saturated carbocycles. The zero-order chi connectivity index (χ0) is 12.6. The molecule has 3 aliphatic rings. The normalized spacial score (nSPS) is 36.7. The number of alkyl carbamates (subject to hydrolysis) is 1. The molecule has 0 radical (unpaired) electrons. The lowest BCUT2D eigenvalue weighted by Gasteiger charge is -2.46. The zero-order valence-corrected chi connectivity index (χ0v) is 10.7. The van der Waals surface area contributed by atoms with Crippen molar-refractivity contribution in [1.82, 2.24) is 10.6 Å². The maximum Gasteiger partial charge on any atom is 0.407 e. The van der Waals surface area contributed by atoms with Crippen molar-refractivity contribution < 1.29 is 14.6 Å². The number of aliphatic hydroxyl groups is 1. The van der Waals surface area contributed by atoms with Crippen LogP contribution in [0.15, 0.2) is 0 Å². The maximum absolute atomic E-state index is 11.7. The van der Waals surface area contributed by atoms with Crippen molar-refractivity contribution >= 4 is 6.09 Å². The molecule has 0 aromatic carbocycles. The Bertz CT molecular complexity index is 291. The highest BCUT2D eigenvalue weighted by atomic mass is 16.6. The summed E-state index contributed by atoms with van der Waals surface area (Å²) in [4.78, 5) is 11.7. The van der Waals surface area contributed by atoms with Gasteiger partial charge in [-0.1, -0.05) is 0 Å². The van der Waals surface area contributed by atoms with E-state index >= 15 is 0 Å². The van der Waals surface area contributed by atoms with Crippen molar-refractivity contribution in [3.8, 4) is 0 Å². The Morgan fingerprint density at radius 3 is 2.59 bits per heavy atom. The van der Waals surface area contributed by atoms with Crippen LogP contribution in [0.2, 0.25) is 0 Å². The highest BCUT2D eigenvalue weighted by Crippen LogP contribution is 2.29. The van der Waals surface area contributed by atoms with Gasteiger partial charge in [0.15, 0.2) is 0 Å². The fourth-order valence-corrected chi connectivity index (χ4v) is 2.67. The fourth-order valence-electron chi connectivity index (χ4n) is 2.67. The highest BCUT2D eigenvalue weighted by molar-refractivity contribution is 5.68. The first-order chi connectivity index (χ1) is 7.87. The van der Waals surface area contributed by atoms with Crippen LogP contribution in [0.5, 0.6) is 0 Å². The highest BCUT2D eigenvalue weighted by Gasteiger charge is 2.43. The number of rotatable bonds is 1. The van der Waals surface area contributed by atoms with E-state index in [4.69, 9.17) is 4.74 Å². The molecule has 3 N–H and O–H groups in total. The first-order valence-corrected chi connectivity index (χ1v) is 6.28. The predicted molar refractivity (Wildman–Crippen MR) is 63.7 cm³/mol. The van der Waals surface area contributed by atoms with E-state index in [0.29, 0.717) is 5.92 Å².